The molecule has 0 spiro atoms. The molecule has 1 saturated heterocycles. The number of ether oxygens (including phenoxy) is 2. The number of hydrogen-bond donors (Lipinski definition) is 2. The van der Waals surface area contributed by atoms with Gasteiger partial charge in [-0.3, -0.25) is 0 Å². The molecule has 3 N–H and O–H groups in total. The first-order chi connectivity index (χ1) is 17.4. The number of para-hydroxylation sites is 1. The number of benzene rings is 1. The molecule has 1 aliphatic heterocycles. The number of hydrazine groups is 1. The summed E-state index contributed by atoms with van der Waals surface area (Å²) in [5, 5.41) is 18.6. The number of nitrogen functional groups attached to an aromatic ring is 1. The number of likely N-dealkylation sites (N-methyl/N-ethyl adjacent to an activating group) is 1. The van der Waals surface area contributed by atoms with Crippen molar-refractivity contribution in [2.75, 3.05) is 56.1 Å². The second kappa shape index (κ2) is 11.6. The summed E-state index contributed by atoms with van der Waals surface area (Å²) in [5.41, 5.74) is 7.21. The van der Waals surface area contributed by atoms with Gasteiger partial charge in [0.2, 0.25) is 5.95 Å². The molecule has 36 heavy (non-hydrogen) atoms. The molecule has 0 radical (unpaired) electrons. The van der Waals surface area contributed by atoms with Crippen molar-refractivity contribution in [2.24, 2.45) is 5.92 Å². The molecule has 12 heteroatoms. The molecule has 1 aromatic carbocycles. The van der Waals surface area contributed by atoms with Gasteiger partial charge in [-0.2, -0.15) is 9.67 Å². The van der Waals surface area contributed by atoms with Crippen LogP contribution in [0, 0.1) is 5.92 Å². The molecular formula is C24H35N9O3. The molecular weight excluding hydrogens is 462 g/mol. The number of rotatable bonds is 10. The Kier molecular flexibility index (Phi) is 8.31. The molecule has 1 fully saturated rings. The molecule has 0 aliphatic carbocycles. The minimum atomic E-state index is -0.366. The van der Waals surface area contributed by atoms with E-state index in [0.29, 0.717) is 43.2 Å². The highest BCUT2D eigenvalue weighted by atomic mass is 16.7. The molecule has 0 amide bonds. The molecule has 3 aromatic rings. The molecule has 12 nitrogen and oxygen atoms in total. The summed E-state index contributed by atoms with van der Waals surface area (Å²) in [6.07, 6.45) is 1.93. The van der Waals surface area contributed by atoms with E-state index in [1.165, 1.54) is 11.0 Å². The maximum Gasteiger partial charge on any atom is 0.266 e. The van der Waals surface area contributed by atoms with Crippen LogP contribution in [-0.2, 0) is 9.47 Å². The maximum absolute atomic E-state index is 9.91. The van der Waals surface area contributed by atoms with Gasteiger partial charge in [-0.25, -0.2) is 20.0 Å². The summed E-state index contributed by atoms with van der Waals surface area (Å²) >= 11 is 0. The summed E-state index contributed by atoms with van der Waals surface area (Å²) in [7, 11) is 3.53. The number of hydrogen-bond acceptors (Lipinski definition) is 11. The number of aliphatic hydroxyl groups excluding tert-OH is 1. The van der Waals surface area contributed by atoms with Crippen LogP contribution in [0.4, 0.5) is 23.4 Å². The Morgan fingerprint density at radius 2 is 2.03 bits per heavy atom. The topological polar surface area (TPSA) is 131 Å². The highest BCUT2D eigenvalue weighted by molar-refractivity contribution is 5.57. The van der Waals surface area contributed by atoms with Crippen LogP contribution in [0.2, 0.25) is 0 Å². The Balaban J connectivity index is 1.67. The number of methoxy groups -OCH3 is 1. The van der Waals surface area contributed by atoms with Crippen molar-refractivity contribution in [1.82, 2.24) is 29.7 Å². The maximum atomic E-state index is 9.91. The van der Waals surface area contributed by atoms with Crippen molar-refractivity contribution in [3.05, 3.63) is 42.7 Å². The third-order valence-electron chi connectivity index (χ3n) is 6.09. The van der Waals surface area contributed by atoms with Crippen molar-refractivity contribution >= 4 is 23.4 Å². The standard InChI is InChI=1S/C24H35N9O3/c1-17(2)12-19(15-34)30(3)20-13-21(27-16-26-20)32-23(25)28-24(29-32)33(18-8-6-5-7-9-18)31-10-11-36-22(14-31)35-4/h5-9,13,16-17,19,22,34H,10-12,14-15H2,1-4H3,(H2,25,28,29). The van der Waals surface area contributed by atoms with E-state index in [-0.39, 0.29) is 24.9 Å². The second-order valence-corrected chi connectivity index (χ2v) is 9.09. The zero-order valence-corrected chi connectivity index (χ0v) is 21.2. The lowest BCUT2D eigenvalue weighted by Gasteiger charge is -2.39. The van der Waals surface area contributed by atoms with Crippen molar-refractivity contribution in [3.8, 4) is 5.82 Å². The van der Waals surface area contributed by atoms with E-state index < -0.39 is 0 Å². The minimum absolute atomic E-state index is 0.0255. The average Bonchev–Trinajstić information content (AvgIpc) is 3.28. The normalized spacial score (nSPS) is 17.3. The van der Waals surface area contributed by atoms with Crippen LogP contribution in [0.1, 0.15) is 20.3 Å². The van der Waals surface area contributed by atoms with Crippen LogP contribution in [0.5, 0.6) is 0 Å². The van der Waals surface area contributed by atoms with Crippen LogP contribution < -0.4 is 15.6 Å². The molecule has 1 aliphatic rings. The SMILES string of the molecule is COC1CN(N(c2ccccc2)c2nc(N)n(-c3cc(N(C)C(CO)CC(C)C)ncn3)n2)CCO1. The van der Waals surface area contributed by atoms with Crippen LogP contribution >= 0.6 is 0 Å². The third kappa shape index (κ3) is 5.73. The van der Waals surface area contributed by atoms with Crippen molar-refractivity contribution in [3.63, 3.8) is 0 Å². The Labute approximate surface area is 211 Å². The Bertz CT molecular complexity index is 1110. The van der Waals surface area contributed by atoms with Crippen molar-refractivity contribution < 1.29 is 14.6 Å². The van der Waals surface area contributed by atoms with Gasteiger partial charge in [0.05, 0.1) is 31.5 Å². The molecule has 0 saturated carbocycles. The second-order valence-electron chi connectivity index (χ2n) is 9.09. The van der Waals surface area contributed by atoms with Gasteiger partial charge >= 0.3 is 0 Å². The smallest absolute Gasteiger partial charge is 0.266 e. The number of aromatic nitrogens is 5. The van der Waals surface area contributed by atoms with Gasteiger partial charge in [0.25, 0.3) is 5.95 Å². The third-order valence-corrected chi connectivity index (χ3v) is 6.09. The van der Waals surface area contributed by atoms with E-state index in [9.17, 15) is 5.11 Å². The summed E-state index contributed by atoms with van der Waals surface area (Å²) in [5.74, 6) is 2.16. The van der Waals surface area contributed by atoms with E-state index in [4.69, 9.17) is 20.3 Å². The minimum Gasteiger partial charge on any atom is -0.394 e. The molecule has 2 aromatic heterocycles. The first-order valence-corrected chi connectivity index (χ1v) is 12.0. The predicted octanol–water partition coefficient (Wildman–Crippen LogP) is 1.84. The summed E-state index contributed by atoms with van der Waals surface area (Å²) < 4.78 is 12.6. The van der Waals surface area contributed by atoms with Gasteiger partial charge < -0.3 is 25.2 Å². The fourth-order valence-corrected chi connectivity index (χ4v) is 4.21. The predicted molar refractivity (Wildman–Crippen MR) is 137 cm³/mol. The number of anilines is 4. The van der Waals surface area contributed by atoms with Gasteiger partial charge in [-0.15, -0.1) is 5.10 Å². The quantitative estimate of drug-likeness (QED) is 0.425. The molecule has 194 valence electrons. The lowest BCUT2D eigenvalue weighted by Crippen LogP contribution is -2.51. The molecule has 3 heterocycles. The van der Waals surface area contributed by atoms with E-state index in [1.54, 1.807) is 13.2 Å². The van der Waals surface area contributed by atoms with Gasteiger partial charge in [0.15, 0.2) is 12.1 Å². The zero-order valence-electron chi connectivity index (χ0n) is 21.2. The zero-order chi connectivity index (χ0) is 25.7. The van der Waals surface area contributed by atoms with E-state index in [0.717, 1.165) is 12.1 Å². The largest absolute Gasteiger partial charge is 0.394 e. The average molecular weight is 498 g/mol. The Hall–Kier alpha value is -3.32. The van der Waals surface area contributed by atoms with Crippen LogP contribution in [0.15, 0.2) is 42.7 Å². The van der Waals surface area contributed by atoms with Gasteiger partial charge in [-0.1, -0.05) is 32.0 Å². The highest BCUT2D eigenvalue weighted by Gasteiger charge is 2.29. The Morgan fingerprint density at radius 1 is 1.25 bits per heavy atom. The molecule has 4 rings (SSSR count). The fraction of sp³-hybridized carbons (Fsp3) is 0.500. The number of aliphatic hydroxyl groups is 1. The summed E-state index contributed by atoms with van der Waals surface area (Å²) in [6, 6.07) is 11.6. The number of morpholine rings is 1. The monoisotopic (exact) mass is 497 g/mol. The van der Waals surface area contributed by atoms with E-state index in [2.05, 4.69) is 33.8 Å². The molecule has 2 unspecified atom stereocenters. The van der Waals surface area contributed by atoms with E-state index >= 15 is 0 Å². The molecule has 2 atom stereocenters. The van der Waals surface area contributed by atoms with E-state index in [1.807, 2.05) is 47.3 Å². The van der Waals surface area contributed by atoms with Gasteiger partial charge in [0.1, 0.15) is 12.1 Å². The summed E-state index contributed by atoms with van der Waals surface area (Å²) in [4.78, 5) is 15.3. The fourth-order valence-electron chi connectivity index (χ4n) is 4.21. The number of nitrogens with two attached hydrogens (primary N) is 1. The van der Waals surface area contributed by atoms with Crippen molar-refractivity contribution in [1.29, 1.82) is 0 Å². The Morgan fingerprint density at radius 3 is 2.72 bits per heavy atom. The lowest BCUT2D eigenvalue weighted by molar-refractivity contribution is -0.164. The first kappa shape index (κ1) is 25.8. The van der Waals surface area contributed by atoms with Crippen LogP contribution in [0.25, 0.3) is 5.82 Å². The van der Waals surface area contributed by atoms with Crippen molar-refractivity contribution in [2.45, 2.75) is 32.6 Å². The molecule has 0 bridgehead atoms. The van der Waals surface area contributed by atoms with Gasteiger partial charge in [0, 0.05) is 26.8 Å². The van der Waals surface area contributed by atoms with Crippen LogP contribution in [0.3, 0.4) is 0 Å². The number of nitrogens with zero attached hydrogens (tertiary/aromatic N) is 8. The first-order valence-electron chi connectivity index (χ1n) is 12.0. The summed E-state index contributed by atoms with van der Waals surface area (Å²) in [6.45, 7) is 5.91. The highest BCUT2D eigenvalue weighted by Crippen LogP contribution is 2.28. The lowest BCUT2D eigenvalue weighted by atomic mass is 10.0. The van der Waals surface area contributed by atoms with Gasteiger partial charge in [-0.05, 0) is 24.5 Å². The van der Waals surface area contributed by atoms with Crippen LogP contribution in [-0.4, -0.2) is 87.6 Å².